The Balaban J connectivity index is 2.63. The van der Waals surface area contributed by atoms with Crippen LogP contribution in [0, 0.1) is 0 Å². The number of benzene rings is 1. The fraction of sp³-hybridized carbons (Fsp3) is 0.462. The highest BCUT2D eigenvalue weighted by Gasteiger charge is 2.20. The molecule has 0 aliphatic rings. The van der Waals surface area contributed by atoms with Gasteiger partial charge in [-0.25, -0.2) is 0 Å². The summed E-state index contributed by atoms with van der Waals surface area (Å²) in [4.78, 5) is 11.9. The van der Waals surface area contributed by atoms with Gasteiger partial charge < -0.3 is 10.4 Å². The van der Waals surface area contributed by atoms with Gasteiger partial charge in [-0.1, -0.05) is 24.9 Å². The van der Waals surface area contributed by atoms with Crippen LogP contribution in [-0.4, -0.2) is 23.2 Å². The Morgan fingerprint density at radius 2 is 2.22 bits per heavy atom. The molecule has 3 nitrogen and oxygen atoms in total. The maximum atomic E-state index is 11.9. The van der Waals surface area contributed by atoms with E-state index in [-0.39, 0.29) is 12.5 Å². The molecule has 0 spiro atoms. The average molecular weight is 335 g/mol. The van der Waals surface area contributed by atoms with E-state index < -0.39 is 5.60 Å². The highest BCUT2D eigenvalue weighted by Crippen LogP contribution is 2.23. The normalized spacial score (nSPS) is 14.1. The summed E-state index contributed by atoms with van der Waals surface area (Å²) in [6, 6.07) is 5.00. The highest BCUT2D eigenvalue weighted by molar-refractivity contribution is 9.10. The van der Waals surface area contributed by atoms with Crippen LogP contribution in [0.5, 0.6) is 0 Å². The van der Waals surface area contributed by atoms with Crippen LogP contribution >= 0.6 is 27.5 Å². The van der Waals surface area contributed by atoms with Gasteiger partial charge in [0, 0.05) is 16.6 Å². The van der Waals surface area contributed by atoms with Crippen LogP contribution in [0.25, 0.3) is 0 Å². The Bertz CT molecular complexity index is 435. The maximum absolute atomic E-state index is 11.9. The van der Waals surface area contributed by atoms with Crippen molar-refractivity contribution in [2.45, 2.75) is 32.3 Å². The van der Waals surface area contributed by atoms with Gasteiger partial charge in [-0.2, -0.15) is 0 Å². The number of hydrogen-bond donors (Lipinski definition) is 2. The van der Waals surface area contributed by atoms with Crippen LogP contribution in [0.1, 0.15) is 37.0 Å². The van der Waals surface area contributed by atoms with Crippen molar-refractivity contribution in [2.75, 3.05) is 6.54 Å². The lowest BCUT2D eigenvalue weighted by Gasteiger charge is -2.22. The minimum atomic E-state index is -0.871. The second-order valence-electron chi connectivity index (χ2n) is 4.56. The van der Waals surface area contributed by atoms with Crippen LogP contribution in [0.15, 0.2) is 22.7 Å². The predicted octanol–water partition coefficient (Wildman–Crippen LogP) is 3.38. The predicted molar refractivity (Wildman–Crippen MR) is 77.0 cm³/mol. The van der Waals surface area contributed by atoms with Crippen molar-refractivity contribution >= 4 is 33.4 Å². The molecule has 1 amide bonds. The summed E-state index contributed by atoms with van der Waals surface area (Å²) in [6.07, 6.45) is 1.52. The molecule has 1 rings (SSSR count). The summed E-state index contributed by atoms with van der Waals surface area (Å²) in [5, 5.41) is 13.2. The van der Waals surface area contributed by atoms with E-state index in [0.29, 0.717) is 17.0 Å². The van der Waals surface area contributed by atoms with Gasteiger partial charge >= 0.3 is 0 Å². The molecule has 0 aromatic heterocycles. The molecule has 100 valence electrons. The molecule has 18 heavy (non-hydrogen) atoms. The summed E-state index contributed by atoms with van der Waals surface area (Å²) < 4.78 is 0.749. The number of aliphatic hydroxyl groups is 1. The molecule has 5 heteroatoms. The Morgan fingerprint density at radius 3 is 2.78 bits per heavy atom. The summed E-state index contributed by atoms with van der Waals surface area (Å²) in [5.74, 6) is -0.235. The van der Waals surface area contributed by atoms with E-state index >= 15 is 0 Å². The van der Waals surface area contributed by atoms with Crippen LogP contribution in [-0.2, 0) is 0 Å². The van der Waals surface area contributed by atoms with E-state index in [1.165, 1.54) is 0 Å². The Morgan fingerprint density at radius 1 is 1.56 bits per heavy atom. The molecule has 0 aliphatic heterocycles. The van der Waals surface area contributed by atoms with Crippen molar-refractivity contribution in [3.63, 3.8) is 0 Å². The number of halogens is 2. The molecule has 0 aliphatic carbocycles. The van der Waals surface area contributed by atoms with E-state index in [0.717, 1.165) is 10.9 Å². The smallest absolute Gasteiger partial charge is 0.251 e. The molecule has 1 aromatic rings. The first kappa shape index (κ1) is 15.5. The minimum absolute atomic E-state index is 0.230. The zero-order valence-corrected chi connectivity index (χ0v) is 12.8. The average Bonchev–Trinajstić information content (AvgIpc) is 2.30. The van der Waals surface area contributed by atoms with Gasteiger partial charge in [-0.15, -0.1) is 0 Å². The first-order valence-corrected chi connectivity index (χ1v) is 6.98. The van der Waals surface area contributed by atoms with E-state index in [4.69, 9.17) is 11.6 Å². The maximum Gasteiger partial charge on any atom is 0.251 e. The van der Waals surface area contributed by atoms with Crippen LogP contribution in [0.4, 0.5) is 0 Å². The van der Waals surface area contributed by atoms with Crippen molar-refractivity contribution < 1.29 is 9.90 Å². The number of amides is 1. The quantitative estimate of drug-likeness (QED) is 0.867. The molecule has 0 radical (unpaired) electrons. The number of hydrogen-bond acceptors (Lipinski definition) is 2. The van der Waals surface area contributed by atoms with Crippen molar-refractivity contribution in [2.24, 2.45) is 0 Å². The molecule has 0 bridgehead atoms. The van der Waals surface area contributed by atoms with Crippen LogP contribution in [0.3, 0.4) is 0 Å². The molecule has 1 unspecified atom stereocenters. The van der Waals surface area contributed by atoms with Gasteiger partial charge in [0.1, 0.15) is 0 Å². The summed E-state index contributed by atoms with van der Waals surface area (Å²) in [5.41, 5.74) is -0.390. The molecular weight excluding hydrogens is 318 g/mol. The largest absolute Gasteiger partial charge is 0.388 e. The molecule has 0 saturated heterocycles. The summed E-state index contributed by atoms with van der Waals surface area (Å²) >= 11 is 9.19. The van der Waals surface area contributed by atoms with Crippen molar-refractivity contribution in [1.29, 1.82) is 0 Å². The van der Waals surface area contributed by atoms with E-state index in [9.17, 15) is 9.90 Å². The molecule has 0 heterocycles. The van der Waals surface area contributed by atoms with Gasteiger partial charge in [0.05, 0.1) is 10.6 Å². The van der Waals surface area contributed by atoms with E-state index in [1.54, 1.807) is 25.1 Å². The van der Waals surface area contributed by atoms with Gasteiger partial charge in [-0.05, 0) is 47.5 Å². The molecular formula is C13H17BrClNO2. The third-order valence-corrected chi connectivity index (χ3v) is 3.83. The minimum Gasteiger partial charge on any atom is -0.388 e. The second-order valence-corrected chi connectivity index (χ2v) is 5.82. The van der Waals surface area contributed by atoms with Crippen molar-refractivity contribution in [3.8, 4) is 0 Å². The Hall–Kier alpha value is -0.580. The molecule has 1 atom stereocenters. The zero-order chi connectivity index (χ0) is 13.8. The SMILES string of the molecule is CCCC(C)(O)CNC(=O)c1ccc(Br)c(Cl)c1. The lowest BCUT2D eigenvalue weighted by molar-refractivity contribution is 0.0469. The summed E-state index contributed by atoms with van der Waals surface area (Å²) in [6.45, 7) is 3.93. The fourth-order valence-electron chi connectivity index (χ4n) is 1.64. The third kappa shape index (κ3) is 4.59. The van der Waals surface area contributed by atoms with Crippen molar-refractivity contribution in [3.05, 3.63) is 33.3 Å². The number of carbonyl (C=O) groups excluding carboxylic acids is 1. The standard InChI is InChI=1S/C13H17BrClNO2/c1-3-6-13(2,18)8-16-12(17)9-4-5-10(14)11(15)7-9/h4-5,7,18H,3,6,8H2,1-2H3,(H,16,17). The highest BCUT2D eigenvalue weighted by atomic mass is 79.9. The number of carbonyl (C=O) groups is 1. The fourth-order valence-corrected chi connectivity index (χ4v) is 2.06. The van der Waals surface area contributed by atoms with Gasteiger partial charge in [0.2, 0.25) is 0 Å². The topological polar surface area (TPSA) is 49.3 Å². The Kier molecular flexibility index (Phi) is 5.63. The molecule has 1 aromatic carbocycles. The second kappa shape index (κ2) is 6.55. The van der Waals surface area contributed by atoms with Gasteiger partial charge in [0.25, 0.3) is 5.91 Å². The lowest BCUT2D eigenvalue weighted by Crippen LogP contribution is -2.40. The van der Waals surface area contributed by atoms with Crippen molar-refractivity contribution in [1.82, 2.24) is 5.32 Å². The Labute approximate surface area is 121 Å². The summed E-state index contributed by atoms with van der Waals surface area (Å²) in [7, 11) is 0. The first-order valence-electron chi connectivity index (χ1n) is 5.81. The van der Waals surface area contributed by atoms with Crippen LogP contribution in [0.2, 0.25) is 5.02 Å². The lowest BCUT2D eigenvalue weighted by atomic mass is 10.0. The van der Waals surface area contributed by atoms with E-state index in [1.807, 2.05) is 6.92 Å². The number of nitrogens with one attached hydrogen (secondary N) is 1. The number of rotatable bonds is 5. The molecule has 0 saturated carbocycles. The molecule has 2 N–H and O–H groups in total. The van der Waals surface area contributed by atoms with Gasteiger partial charge in [-0.3, -0.25) is 4.79 Å². The van der Waals surface area contributed by atoms with Gasteiger partial charge in [0.15, 0.2) is 0 Å². The van der Waals surface area contributed by atoms with Crippen LogP contribution < -0.4 is 5.32 Å². The third-order valence-electron chi connectivity index (χ3n) is 2.60. The first-order chi connectivity index (χ1) is 8.35. The van der Waals surface area contributed by atoms with E-state index in [2.05, 4.69) is 21.2 Å². The monoisotopic (exact) mass is 333 g/mol. The molecule has 0 fully saturated rings. The zero-order valence-electron chi connectivity index (χ0n) is 10.5.